The molecule has 7 heteroatoms. The lowest BCUT2D eigenvalue weighted by atomic mass is 9.82. The molecule has 1 aromatic rings. The summed E-state index contributed by atoms with van der Waals surface area (Å²) in [5.41, 5.74) is 0. The summed E-state index contributed by atoms with van der Waals surface area (Å²) < 4.78 is 16.2. The van der Waals surface area contributed by atoms with Crippen molar-refractivity contribution in [2.45, 2.75) is 57.7 Å². The molecule has 1 aromatic carbocycles. The zero-order valence-electron chi connectivity index (χ0n) is 17.3. The zero-order chi connectivity index (χ0) is 21.8. The number of aliphatic hydroxyl groups excluding tert-OH is 1. The molecule has 1 atom stereocenters. The Morgan fingerprint density at radius 1 is 1.00 bits per heavy atom. The van der Waals surface area contributed by atoms with E-state index in [0.717, 1.165) is 37.5 Å². The highest BCUT2D eigenvalue weighted by Crippen LogP contribution is 2.32. The summed E-state index contributed by atoms with van der Waals surface area (Å²) in [7, 11) is 0. The lowest BCUT2D eigenvalue weighted by Crippen LogP contribution is -2.32. The quantitative estimate of drug-likeness (QED) is 0.216. The van der Waals surface area contributed by atoms with Crippen LogP contribution in [0.5, 0.6) is 11.5 Å². The normalized spacial score (nSPS) is 19.5. The molecule has 0 aromatic heterocycles. The van der Waals surface area contributed by atoms with Crippen LogP contribution >= 0.6 is 0 Å². The summed E-state index contributed by atoms with van der Waals surface area (Å²) >= 11 is 0. The summed E-state index contributed by atoms with van der Waals surface area (Å²) in [5.74, 6) is -0.197. The van der Waals surface area contributed by atoms with Gasteiger partial charge in [0.2, 0.25) is 0 Å². The van der Waals surface area contributed by atoms with E-state index in [1.165, 1.54) is 0 Å². The Balaban J connectivity index is 1.59. The van der Waals surface area contributed by atoms with E-state index in [0.29, 0.717) is 44.6 Å². The number of aliphatic carboxylic acids is 1. The number of carbonyl (C=O) groups excluding carboxylic acids is 1. The first-order chi connectivity index (χ1) is 14.5. The first kappa shape index (κ1) is 23.7. The Kier molecular flexibility index (Phi) is 10.2. The molecule has 0 heterocycles. The molecule has 1 aliphatic rings. The molecule has 0 amide bonds. The predicted octanol–water partition coefficient (Wildman–Crippen LogP) is 3.94. The second kappa shape index (κ2) is 12.9. The van der Waals surface area contributed by atoms with Crippen molar-refractivity contribution >= 4 is 11.9 Å². The van der Waals surface area contributed by atoms with Gasteiger partial charge in [0.1, 0.15) is 11.5 Å². The van der Waals surface area contributed by atoms with Gasteiger partial charge in [-0.25, -0.2) is 4.79 Å². The third-order valence-electron chi connectivity index (χ3n) is 5.32. The van der Waals surface area contributed by atoms with Crippen LogP contribution < -0.4 is 9.47 Å². The highest BCUT2D eigenvalue weighted by atomic mass is 16.6. The highest BCUT2D eigenvalue weighted by Gasteiger charge is 2.30. The molecular formula is C23H32O7. The number of hydrogen-bond donors (Lipinski definition) is 2. The second-order valence-corrected chi connectivity index (χ2v) is 7.56. The van der Waals surface area contributed by atoms with Gasteiger partial charge in [0, 0.05) is 12.0 Å². The Labute approximate surface area is 177 Å². The van der Waals surface area contributed by atoms with E-state index in [9.17, 15) is 14.7 Å². The van der Waals surface area contributed by atoms with E-state index < -0.39 is 12.3 Å². The molecule has 2 rings (SSSR count). The van der Waals surface area contributed by atoms with Crippen LogP contribution in [-0.2, 0) is 14.3 Å². The highest BCUT2D eigenvalue weighted by molar-refractivity contribution is 5.81. The Morgan fingerprint density at radius 2 is 1.60 bits per heavy atom. The van der Waals surface area contributed by atoms with Crippen LogP contribution in [0.15, 0.2) is 36.9 Å². The molecule has 0 aliphatic heterocycles. The van der Waals surface area contributed by atoms with Crippen LogP contribution in [0, 0.1) is 11.8 Å². The molecule has 2 N–H and O–H groups in total. The zero-order valence-corrected chi connectivity index (χ0v) is 17.3. The fraction of sp³-hybridized carbons (Fsp3) is 0.565. The van der Waals surface area contributed by atoms with Crippen LogP contribution in [0.4, 0.5) is 0 Å². The van der Waals surface area contributed by atoms with Crippen molar-refractivity contribution < 1.29 is 34.0 Å². The number of hydrogen-bond acceptors (Lipinski definition) is 6. The maximum Gasteiger partial charge on any atom is 0.330 e. The summed E-state index contributed by atoms with van der Waals surface area (Å²) in [6.07, 6.45) is 6.37. The summed E-state index contributed by atoms with van der Waals surface area (Å²) in [6.45, 7) is 4.36. The molecule has 1 aliphatic carbocycles. The van der Waals surface area contributed by atoms with Crippen molar-refractivity contribution in [3.63, 3.8) is 0 Å². The second-order valence-electron chi connectivity index (χ2n) is 7.56. The van der Waals surface area contributed by atoms with Crippen molar-refractivity contribution in [1.29, 1.82) is 0 Å². The maximum absolute atomic E-state index is 11.0. The third-order valence-corrected chi connectivity index (χ3v) is 5.32. The molecule has 30 heavy (non-hydrogen) atoms. The van der Waals surface area contributed by atoms with Crippen LogP contribution in [-0.4, -0.2) is 41.7 Å². The Bertz CT molecular complexity index is 663. The van der Waals surface area contributed by atoms with Gasteiger partial charge in [-0.05, 0) is 75.6 Å². The molecule has 0 saturated heterocycles. The number of unbranched alkanes of at least 4 members (excludes halogenated alkanes) is 3. The van der Waals surface area contributed by atoms with E-state index in [1.54, 1.807) is 24.3 Å². The number of carboxylic acids is 1. The maximum atomic E-state index is 11.0. The van der Waals surface area contributed by atoms with Crippen molar-refractivity contribution in [3.8, 4) is 11.5 Å². The summed E-state index contributed by atoms with van der Waals surface area (Å²) in [4.78, 5) is 21.9. The lowest BCUT2D eigenvalue weighted by molar-refractivity contribution is -0.144. The Hall–Kier alpha value is -2.54. The van der Waals surface area contributed by atoms with Gasteiger partial charge in [0.25, 0.3) is 0 Å². The predicted molar refractivity (Wildman–Crippen MR) is 111 cm³/mol. The first-order valence-corrected chi connectivity index (χ1v) is 10.6. The van der Waals surface area contributed by atoms with Crippen LogP contribution in [0.3, 0.4) is 0 Å². The minimum absolute atomic E-state index is 0.0446. The molecule has 0 bridgehead atoms. The minimum Gasteiger partial charge on any atom is -0.494 e. The van der Waals surface area contributed by atoms with Gasteiger partial charge in [-0.1, -0.05) is 6.58 Å². The number of ether oxygens (including phenoxy) is 3. The molecule has 1 unspecified atom stereocenters. The standard InChI is InChI=1S/C23H32O7/c1-2-21(24)29-16-6-4-3-5-15-28-19-11-13-20(14-12-19)30-23(27)18-9-7-17(8-10-18)22(25)26/h2,11-14,17-18,23,27H,1,3-10,15-16H2,(H,25,26). The molecule has 0 spiro atoms. The van der Waals surface area contributed by atoms with Crippen molar-refractivity contribution in [1.82, 2.24) is 0 Å². The molecule has 1 fully saturated rings. The van der Waals surface area contributed by atoms with Crippen molar-refractivity contribution in [3.05, 3.63) is 36.9 Å². The number of aliphatic hydroxyl groups is 1. The van der Waals surface area contributed by atoms with Crippen LogP contribution in [0.2, 0.25) is 0 Å². The number of carboxylic acid groups (broad SMARTS) is 1. The summed E-state index contributed by atoms with van der Waals surface area (Å²) in [6, 6.07) is 7.13. The first-order valence-electron chi connectivity index (χ1n) is 10.6. The van der Waals surface area contributed by atoms with E-state index in [2.05, 4.69) is 6.58 Å². The largest absolute Gasteiger partial charge is 0.494 e. The topological polar surface area (TPSA) is 102 Å². The fourth-order valence-electron chi connectivity index (χ4n) is 3.48. The molecule has 166 valence electrons. The minimum atomic E-state index is -0.933. The van der Waals surface area contributed by atoms with E-state index in [1.807, 2.05) is 0 Å². The van der Waals surface area contributed by atoms with Gasteiger partial charge >= 0.3 is 11.9 Å². The average Bonchev–Trinajstić information content (AvgIpc) is 2.76. The number of rotatable bonds is 13. The third kappa shape index (κ3) is 8.45. The van der Waals surface area contributed by atoms with Gasteiger partial charge in [-0.2, -0.15) is 0 Å². The summed E-state index contributed by atoms with van der Waals surface area (Å²) in [5, 5.41) is 19.3. The average molecular weight is 421 g/mol. The van der Waals surface area contributed by atoms with Gasteiger partial charge in [-0.3, -0.25) is 4.79 Å². The smallest absolute Gasteiger partial charge is 0.330 e. The monoisotopic (exact) mass is 420 g/mol. The lowest BCUT2D eigenvalue weighted by Gasteiger charge is -2.29. The number of benzene rings is 1. The van der Waals surface area contributed by atoms with E-state index in [4.69, 9.17) is 19.3 Å². The fourth-order valence-corrected chi connectivity index (χ4v) is 3.48. The van der Waals surface area contributed by atoms with Crippen LogP contribution in [0.25, 0.3) is 0 Å². The number of esters is 1. The van der Waals surface area contributed by atoms with Gasteiger partial charge in [0.15, 0.2) is 6.29 Å². The van der Waals surface area contributed by atoms with Crippen molar-refractivity contribution in [2.75, 3.05) is 13.2 Å². The van der Waals surface area contributed by atoms with Crippen molar-refractivity contribution in [2.24, 2.45) is 11.8 Å². The molecule has 1 saturated carbocycles. The van der Waals surface area contributed by atoms with Crippen LogP contribution in [0.1, 0.15) is 51.4 Å². The molecule has 0 radical (unpaired) electrons. The van der Waals surface area contributed by atoms with E-state index in [-0.39, 0.29) is 17.8 Å². The van der Waals surface area contributed by atoms with Gasteiger partial charge in [0.05, 0.1) is 19.1 Å². The number of carbonyl (C=O) groups is 2. The van der Waals surface area contributed by atoms with Gasteiger partial charge in [-0.15, -0.1) is 0 Å². The molecular weight excluding hydrogens is 388 g/mol. The SMILES string of the molecule is C=CC(=O)OCCCCCCOc1ccc(OC(O)C2CCC(C(=O)O)CC2)cc1. The van der Waals surface area contributed by atoms with E-state index >= 15 is 0 Å². The van der Waals surface area contributed by atoms with Gasteiger partial charge < -0.3 is 24.4 Å². The Morgan fingerprint density at radius 3 is 2.20 bits per heavy atom. The molecule has 7 nitrogen and oxygen atoms in total.